The summed E-state index contributed by atoms with van der Waals surface area (Å²) in [7, 11) is 0. The van der Waals surface area contributed by atoms with Gasteiger partial charge >= 0.3 is 6.09 Å². The van der Waals surface area contributed by atoms with Gasteiger partial charge < -0.3 is 9.94 Å². The molecule has 110 valence electrons. The highest BCUT2D eigenvalue weighted by Gasteiger charge is 2.17. The molecule has 21 heavy (non-hydrogen) atoms. The topological polar surface area (TPSA) is 92.5 Å². The van der Waals surface area contributed by atoms with Crippen molar-refractivity contribution < 1.29 is 14.6 Å². The molecule has 0 aliphatic heterocycles. The average molecular weight is 288 g/mol. The minimum absolute atomic E-state index is 0.0262. The van der Waals surface area contributed by atoms with Crippen LogP contribution >= 0.6 is 0 Å². The Morgan fingerprint density at radius 2 is 2.05 bits per heavy atom. The van der Waals surface area contributed by atoms with Gasteiger partial charge in [0.05, 0.1) is 6.61 Å². The van der Waals surface area contributed by atoms with Gasteiger partial charge in [0.15, 0.2) is 5.82 Å². The Bertz CT molecular complexity index is 592. The highest BCUT2D eigenvalue weighted by molar-refractivity contribution is 5.61. The summed E-state index contributed by atoms with van der Waals surface area (Å²) in [6.07, 6.45) is 5.38. The van der Waals surface area contributed by atoms with Crippen molar-refractivity contribution in [3.8, 4) is 11.4 Å². The van der Waals surface area contributed by atoms with E-state index in [2.05, 4.69) is 15.0 Å². The van der Waals surface area contributed by atoms with E-state index >= 15 is 0 Å². The van der Waals surface area contributed by atoms with E-state index in [1.165, 1.54) is 12.3 Å². The lowest BCUT2D eigenvalue weighted by atomic mass is 10.2. The number of quaternary nitrogens is 1. The minimum atomic E-state index is -0.886. The molecule has 2 aromatic rings. The third-order valence-electron chi connectivity index (χ3n) is 2.74. The summed E-state index contributed by atoms with van der Waals surface area (Å²) in [4.78, 5) is 23.7. The van der Waals surface area contributed by atoms with Crippen LogP contribution in [0.1, 0.15) is 19.8 Å². The molecule has 2 rings (SSSR count). The molecule has 7 nitrogen and oxygen atoms in total. The van der Waals surface area contributed by atoms with E-state index < -0.39 is 11.2 Å². The molecular weight excluding hydrogens is 272 g/mol. The quantitative estimate of drug-likeness (QED) is 0.662. The molecule has 0 fully saturated rings. The summed E-state index contributed by atoms with van der Waals surface area (Å²) in [6.45, 7) is 2.21. The second kappa shape index (κ2) is 7.41. The molecule has 0 aliphatic carbocycles. The highest BCUT2D eigenvalue weighted by Crippen LogP contribution is 2.13. The van der Waals surface area contributed by atoms with E-state index in [-0.39, 0.29) is 12.4 Å². The molecule has 0 aromatic carbocycles. The fraction of sp³-hybridized carbons (Fsp3) is 0.286. The lowest BCUT2D eigenvalue weighted by Crippen LogP contribution is -3.05. The van der Waals surface area contributed by atoms with Gasteiger partial charge in [0.2, 0.25) is 5.82 Å². The van der Waals surface area contributed by atoms with Crippen LogP contribution in [0.15, 0.2) is 36.8 Å². The van der Waals surface area contributed by atoms with Gasteiger partial charge in [-0.15, -0.1) is 0 Å². The Balaban J connectivity index is 2.12. The molecule has 1 unspecified atom stereocenters. The van der Waals surface area contributed by atoms with Crippen LogP contribution in [-0.2, 0) is 4.74 Å². The molecule has 2 aromatic heterocycles. The average Bonchev–Trinajstić information content (AvgIpc) is 2.55. The monoisotopic (exact) mass is 288 g/mol. The fourth-order valence-corrected chi connectivity index (χ4v) is 1.60. The maximum absolute atomic E-state index is 11.9. The normalized spacial score (nSPS) is 11.9. The SMILES string of the molecule is CCCCOC(=O)[NH+]([O-])c1ccnc(-c2ccncc2)n1. The van der Waals surface area contributed by atoms with E-state index in [0.717, 1.165) is 18.4 Å². The summed E-state index contributed by atoms with van der Waals surface area (Å²) in [6, 6.07) is 4.85. The predicted molar refractivity (Wildman–Crippen MR) is 75.5 cm³/mol. The van der Waals surface area contributed by atoms with Gasteiger partial charge in [-0.05, 0) is 18.6 Å². The Kier molecular flexibility index (Phi) is 5.30. The second-order valence-electron chi connectivity index (χ2n) is 4.32. The number of nitrogens with zero attached hydrogens (tertiary/aromatic N) is 3. The number of carbonyl (C=O) groups excluding carboxylic acids is 1. The summed E-state index contributed by atoms with van der Waals surface area (Å²) < 4.78 is 4.89. The first-order chi connectivity index (χ1) is 10.2. The van der Waals surface area contributed by atoms with Gasteiger partial charge in [-0.1, -0.05) is 13.3 Å². The number of pyridine rings is 1. The molecule has 2 heterocycles. The first kappa shape index (κ1) is 15.0. The van der Waals surface area contributed by atoms with Crippen molar-refractivity contribution in [3.63, 3.8) is 0 Å². The lowest BCUT2D eigenvalue weighted by Gasteiger charge is -2.17. The molecule has 0 saturated heterocycles. The van der Waals surface area contributed by atoms with Crippen LogP contribution in [0.25, 0.3) is 11.4 Å². The van der Waals surface area contributed by atoms with Gasteiger partial charge in [0, 0.05) is 30.2 Å². The van der Waals surface area contributed by atoms with E-state index in [1.807, 2.05) is 6.92 Å². The van der Waals surface area contributed by atoms with Crippen LogP contribution in [0.2, 0.25) is 0 Å². The van der Waals surface area contributed by atoms with E-state index in [0.29, 0.717) is 5.82 Å². The molecule has 7 heteroatoms. The first-order valence-corrected chi connectivity index (χ1v) is 6.67. The van der Waals surface area contributed by atoms with Crippen molar-refractivity contribution in [3.05, 3.63) is 42.0 Å². The molecule has 0 bridgehead atoms. The number of hydroxylamine groups is 1. The maximum atomic E-state index is 11.9. The summed E-state index contributed by atoms with van der Waals surface area (Å²) in [5.41, 5.74) is 0.721. The number of amides is 1. The number of carbonyl (C=O) groups is 1. The smallest absolute Gasteiger partial charge is 0.520 e. The van der Waals surface area contributed by atoms with Gasteiger partial charge in [-0.2, -0.15) is 9.78 Å². The zero-order chi connectivity index (χ0) is 15.1. The van der Waals surface area contributed by atoms with Crippen molar-refractivity contribution in [2.24, 2.45) is 0 Å². The van der Waals surface area contributed by atoms with Crippen LogP contribution in [0, 0.1) is 5.21 Å². The van der Waals surface area contributed by atoms with Crippen LogP contribution in [0.3, 0.4) is 0 Å². The van der Waals surface area contributed by atoms with Crippen molar-refractivity contribution in [1.29, 1.82) is 0 Å². The lowest BCUT2D eigenvalue weighted by molar-refractivity contribution is -0.695. The molecule has 0 radical (unpaired) electrons. The van der Waals surface area contributed by atoms with Crippen molar-refractivity contribution in [2.75, 3.05) is 6.61 Å². The van der Waals surface area contributed by atoms with Crippen molar-refractivity contribution >= 4 is 11.9 Å². The Hall–Kier alpha value is -2.38. The largest absolute Gasteiger partial charge is 0.617 e. The van der Waals surface area contributed by atoms with Gasteiger partial charge in [-0.25, -0.2) is 10.0 Å². The standard InChI is InChI=1S/C14H16N4O3/c1-2-3-10-21-14(19)18(20)12-6-9-16-13(17-12)11-4-7-15-8-5-11/h4-9,18H,2-3,10H2,1H3. The summed E-state index contributed by atoms with van der Waals surface area (Å²) >= 11 is 0. The Morgan fingerprint density at radius 3 is 2.76 bits per heavy atom. The maximum Gasteiger partial charge on any atom is 0.520 e. The molecule has 1 amide bonds. The third-order valence-corrected chi connectivity index (χ3v) is 2.74. The van der Waals surface area contributed by atoms with Crippen LogP contribution in [-0.4, -0.2) is 27.7 Å². The zero-order valence-electron chi connectivity index (χ0n) is 11.7. The molecular formula is C14H16N4O3. The molecule has 1 N–H and O–H groups in total. The number of ether oxygens (including phenoxy) is 1. The van der Waals surface area contributed by atoms with E-state index in [4.69, 9.17) is 4.74 Å². The van der Waals surface area contributed by atoms with E-state index in [9.17, 15) is 10.0 Å². The summed E-state index contributed by atoms with van der Waals surface area (Å²) in [5, 5.41) is 11.2. The Morgan fingerprint density at radius 1 is 1.29 bits per heavy atom. The zero-order valence-corrected chi connectivity index (χ0v) is 11.7. The number of unbranched alkanes of at least 4 members (excludes halogenated alkanes) is 1. The number of hydrogen-bond donors (Lipinski definition) is 1. The van der Waals surface area contributed by atoms with Crippen molar-refractivity contribution in [1.82, 2.24) is 15.0 Å². The summed E-state index contributed by atoms with van der Waals surface area (Å²) in [5.74, 6) is 0.392. The predicted octanol–water partition coefficient (Wildman–Crippen LogP) is 1.49. The minimum Gasteiger partial charge on any atom is -0.617 e. The molecule has 1 atom stereocenters. The van der Waals surface area contributed by atoms with Crippen molar-refractivity contribution in [2.45, 2.75) is 19.8 Å². The number of aromatic nitrogens is 3. The van der Waals surface area contributed by atoms with Gasteiger partial charge in [-0.3, -0.25) is 4.98 Å². The van der Waals surface area contributed by atoms with E-state index in [1.54, 1.807) is 24.5 Å². The number of rotatable bonds is 5. The second-order valence-corrected chi connectivity index (χ2v) is 4.32. The number of hydrogen-bond acceptors (Lipinski definition) is 6. The van der Waals surface area contributed by atoms with Crippen LogP contribution < -0.4 is 5.06 Å². The highest BCUT2D eigenvalue weighted by atomic mass is 16.6. The molecule has 0 aliphatic rings. The van der Waals surface area contributed by atoms with Gasteiger partial charge in [0.25, 0.3) is 0 Å². The third kappa shape index (κ3) is 4.04. The first-order valence-electron chi connectivity index (χ1n) is 6.67. The Labute approximate surface area is 122 Å². The van der Waals surface area contributed by atoms with Gasteiger partial charge in [0.1, 0.15) is 0 Å². The van der Waals surface area contributed by atoms with Crippen LogP contribution in [0.4, 0.5) is 10.6 Å². The fourth-order valence-electron chi connectivity index (χ4n) is 1.60. The van der Waals surface area contributed by atoms with Crippen LogP contribution in [0.5, 0.6) is 0 Å². The molecule has 0 saturated carbocycles. The number of nitrogens with one attached hydrogen (secondary N) is 1. The molecule has 0 spiro atoms.